The van der Waals surface area contributed by atoms with Gasteiger partial charge in [0, 0.05) is 23.7 Å². The molecule has 2 aromatic carbocycles. The lowest BCUT2D eigenvalue weighted by molar-refractivity contribution is 0.450. The van der Waals surface area contributed by atoms with Gasteiger partial charge in [-0.2, -0.15) is 0 Å². The Bertz CT molecular complexity index is 1200. The van der Waals surface area contributed by atoms with Gasteiger partial charge in [0.2, 0.25) is 0 Å². The number of nitrogens with zero attached hydrogens (tertiary/aromatic N) is 2. The number of allylic oxidation sites excluding steroid dienone is 1. The van der Waals surface area contributed by atoms with Crippen molar-refractivity contribution >= 4 is 46.7 Å². The van der Waals surface area contributed by atoms with E-state index in [-0.39, 0.29) is 24.2 Å². The van der Waals surface area contributed by atoms with Crippen LogP contribution in [0.15, 0.2) is 87.4 Å². The van der Waals surface area contributed by atoms with Gasteiger partial charge in [-0.25, -0.2) is 4.99 Å². The molecule has 0 bridgehead atoms. The molecule has 0 radical (unpaired) electrons. The second-order valence-electron chi connectivity index (χ2n) is 9.19. The average Bonchev–Trinajstić information content (AvgIpc) is 3.40. The summed E-state index contributed by atoms with van der Waals surface area (Å²) in [5.74, 6) is 1.45. The third kappa shape index (κ3) is 4.82. The number of hydrogen-bond acceptors (Lipinski definition) is 4. The molecule has 3 aliphatic rings. The van der Waals surface area contributed by atoms with Gasteiger partial charge in [0.1, 0.15) is 5.84 Å². The van der Waals surface area contributed by atoms with Crippen molar-refractivity contribution in [2.45, 2.75) is 45.4 Å². The lowest BCUT2D eigenvalue weighted by Crippen LogP contribution is -2.28. The first-order valence-electron chi connectivity index (χ1n) is 12.1. The van der Waals surface area contributed by atoms with E-state index in [0.29, 0.717) is 11.8 Å². The van der Waals surface area contributed by atoms with Crippen molar-refractivity contribution in [1.82, 2.24) is 5.32 Å². The van der Waals surface area contributed by atoms with Crippen LogP contribution in [0.25, 0.3) is 0 Å². The predicted molar refractivity (Wildman–Crippen MR) is 151 cm³/mol. The van der Waals surface area contributed by atoms with Gasteiger partial charge in [-0.05, 0) is 60.2 Å². The normalized spacial score (nSPS) is 23.5. The monoisotopic (exact) mass is 505 g/mol. The van der Waals surface area contributed by atoms with Crippen LogP contribution in [0.3, 0.4) is 0 Å². The van der Waals surface area contributed by atoms with Gasteiger partial charge in [0.05, 0.1) is 10.6 Å². The van der Waals surface area contributed by atoms with E-state index in [9.17, 15) is 0 Å². The number of nitrogens with one attached hydrogen (secondary N) is 3. The van der Waals surface area contributed by atoms with E-state index in [2.05, 4.69) is 66.5 Å². The Kier molecular flexibility index (Phi) is 7.82. The van der Waals surface area contributed by atoms with Gasteiger partial charge in [0.25, 0.3) is 0 Å². The van der Waals surface area contributed by atoms with Crippen molar-refractivity contribution in [3.63, 3.8) is 0 Å². The Morgan fingerprint density at radius 3 is 2.43 bits per heavy atom. The molecule has 0 fully saturated rings. The highest BCUT2D eigenvalue weighted by atomic mass is 35.5. The quantitative estimate of drug-likeness (QED) is 0.405. The first-order valence-corrected chi connectivity index (χ1v) is 13.0. The Morgan fingerprint density at radius 1 is 1.06 bits per heavy atom. The minimum atomic E-state index is 0. The molecular formula is C28H32ClN5S. The summed E-state index contributed by atoms with van der Waals surface area (Å²) in [4.78, 5) is 7.78. The fourth-order valence-electron chi connectivity index (χ4n) is 5.17. The van der Waals surface area contributed by atoms with E-state index in [0.717, 1.165) is 59.3 Å². The summed E-state index contributed by atoms with van der Waals surface area (Å²) in [6.45, 7) is 5.37. The summed E-state index contributed by atoms with van der Waals surface area (Å²) in [6, 6.07) is 20.9. The third-order valence-electron chi connectivity index (χ3n) is 6.91. The third-order valence-corrected chi connectivity index (χ3v) is 8.01. The van der Waals surface area contributed by atoms with E-state index in [1.807, 2.05) is 18.2 Å². The Morgan fingerprint density at radius 2 is 1.74 bits per heavy atom. The summed E-state index contributed by atoms with van der Waals surface area (Å²) < 4.78 is 0. The Labute approximate surface area is 218 Å². The molecule has 5 rings (SSSR count). The van der Waals surface area contributed by atoms with Crippen LogP contribution < -0.4 is 10.2 Å². The van der Waals surface area contributed by atoms with Gasteiger partial charge in [0.15, 0.2) is 11.0 Å². The zero-order valence-corrected chi connectivity index (χ0v) is 21.8. The van der Waals surface area contributed by atoms with Crippen molar-refractivity contribution in [3.05, 3.63) is 88.0 Å². The van der Waals surface area contributed by atoms with E-state index < -0.39 is 0 Å². The van der Waals surface area contributed by atoms with Gasteiger partial charge in [-0.1, -0.05) is 68.8 Å². The number of hydrogen-bond donors (Lipinski definition) is 3. The maximum Gasteiger partial charge on any atom is 0.175 e. The van der Waals surface area contributed by atoms with Gasteiger partial charge in [-0.15, -0.1) is 12.4 Å². The van der Waals surface area contributed by atoms with Crippen LogP contribution in [0, 0.1) is 16.7 Å². The van der Waals surface area contributed by atoms with Crippen LogP contribution in [-0.4, -0.2) is 23.4 Å². The molecule has 7 heteroatoms. The summed E-state index contributed by atoms with van der Waals surface area (Å²) >= 11 is 1.56. The van der Waals surface area contributed by atoms with Crippen molar-refractivity contribution in [2.75, 3.05) is 11.4 Å². The van der Waals surface area contributed by atoms with Crippen LogP contribution >= 0.6 is 24.2 Å². The molecule has 2 aliphatic heterocycles. The lowest BCUT2D eigenvalue weighted by Gasteiger charge is -2.31. The summed E-state index contributed by atoms with van der Waals surface area (Å²) in [5, 5.41) is 21.7. The van der Waals surface area contributed by atoms with Gasteiger partial charge >= 0.3 is 0 Å². The van der Waals surface area contributed by atoms with E-state index >= 15 is 0 Å². The zero-order chi connectivity index (χ0) is 23.7. The van der Waals surface area contributed by atoms with E-state index in [1.165, 1.54) is 11.1 Å². The SMILES string of the molecule is CCCCN(C1=NC(=N)C(=C2NC(=N)C3=C2C(c2ccccc2)C(C)CC3)S1)c1ccccc1.Cl. The molecule has 1 aliphatic carbocycles. The average molecular weight is 506 g/mol. The maximum atomic E-state index is 8.80. The summed E-state index contributed by atoms with van der Waals surface area (Å²) in [6.07, 6.45) is 4.12. The first-order chi connectivity index (χ1) is 16.6. The molecule has 2 aromatic rings. The number of thioether (sulfide) groups is 1. The lowest BCUT2D eigenvalue weighted by atomic mass is 9.72. The predicted octanol–water partition coefficient (Wildman–Crippen LogP) is 7.10. The van der Waals surface area contributed by atoms with Crippen LogP contribution in [-0.2, 0) is 0 Å². The Balaban J connectivity index is 0.00000289. The Hall–Kier alpha value is -2.83. The molecule has 35 heavy (non-hydrogen) atoms. The fraction of sp³-hybridized carbons (Fsp3) is 0.321. The minimum Gasteiger partial charge on any atom is -0.339 e. The molecule has 2 unspecified atom stereocenters. The molecular weight excluding hydrogens is 474 g/mol. The maximum absolute atomic E-state index is 8.80. The second-order valence-corrected chi connectivity index (χ2v) is 10.2. The van der Waals surface area contributed by atoms with Crippen LogP contribution in [0.5, 0.6) is 0 Å². The second kappa shape index (κ2) is 10.8. The molecule has 0 aromatic heterocycles. The molecule has 0 amide bonds. The number of benzene rings is 2. The standard InChI is InChI=1S/C28H31N5S.ClH/c1-3-4-17-33(20-13-9-6-10-14-20)28-32-27(30)25(34-28)24-23-21(26(29)31-24)16-15-18(2)22(23)19-11-7-5-8-12-19;/h5-14,18,22,30H,3-4,15-17H2,1-2H3,(H2,29,31);1H. The van der Waals surface area contributed by atoms with E-state index in [1.54, 1.807) is 11.8 Å². The number of amidine groups is 3. The molecule has 0 spiro atoms. The molecule has 3 N–H and O–H groups in total. The minimum absolute atomic E-state index is 0. The highest BCUT2D eigenvalue weighted by Crippen LogP contribution is 2.49. The van der Waals surface area contributed by atoms with Crippen molar-refractivity contribution in [1.29, 1.82) is 10.8 Å². The highest BCUT2D eigenvalue weighted by molar-refractivity contribution is 8.18. The smallest absolute Gasteiger partial charge is 0.175 e. The van der Waals surface area contributed by atoms with Crippen LogP contribution in [0.4, 0.5) is 5.69 Å². The topological polar surface area (TPSA) is 75.3 Å². The fourth-order valence-corrected chi connectivity index (χ4v) is 6.20. The number of unbranched alkanes of at least 4 members (excludes halogenated alkanes) is 1. The molecule has 0 saturated carbocycles. The summed E-state index contributed by atoms with van der Waals surface area (Å²) in [7, 11) is 0. The van der Waals surface area contributed by atoms with Crippen LogP contribution in [0.2, 0.25) is 0 Å². The number of para-hydroxylation sites is 1. The number of rotatable bonds is 5. The zero-order valence-electron chi connectivity index (χ0n) is 20.2. The van der Waals surface area contributed by atoms with Crippen molar-refractivity contribution < 1.29 is 0 Å². The van der Waals surface area contributed by atoms with E-state index in [4.69, 9.17) is 15.8 Å². The van der Waals surface area contributed by atoms with Crippen LogP contribution in [0.1, 0.15) is 51.0 Å². The largest absolute Gasteiger partial charge is 0.339 e. The van der Waals surface area contributed by atoms with Gasteiger partial charge < -0.3 is 10.2 Å². The number of halogens is 1. The van der Waals surface area contributed by atoms with Crippen molar-refractivity contribution in [3.8, 4) is 0 Å². The molecule has 5 nitrogen and oxygen atoms in total. The highest BCUT2D eigenvalue weighted by Gasteiger charge is 2.40. The summed E-state index contributed by atoms with van der Waals surface area (Å²) in [5.41, 5.74) is 5.58. The number of aliphatic imine (C=N–C) groups is 1. The van der Waals surface area contributed by atoms with Crippen molar-refractivity contribution in [2.24, 2.45) is 10.9 Å². The number of anilines is 1. The first kappa shape index (κ1) is 25.3. The molecule has 0 saturated heterocycles. The molecule has 182 valence electrons. The molecule has 2 atom stereocenters. The molecule has 2 heterocycles. The van der Waals surface area contributed by atoms with Gasteiger partial charge in [-0.3, -0.25) is 10.8 Å².